The molecule has 0 heterocycles. The van der Waals surface area contributed by atoms with Crippen molar-refractivity contribution in [3.05, 3.63) is 0 Å². The fraction of sp³-hybridized carbons (Fsp3) is 0.875. The standard InChI is InChI=1S/C8H13F3N2O/c9-8(10,11)5-7(14)13-4-3-12-6-1-2-6/h6,12H,1-5H2,(H,13,14). The third kappa shape index (κ3) is 5.80. The molecule has 0 saturated heterocycles. The van der Waals surface area contributed by atoms with Crippen molar-refractivity contribution in [1.29, 1.82) is 0 Å². The quantitative estimate of drug-likeness (QED) is 0.659. The van der Waals surface area contributed by atoms with E-state index in [0.29, 0.717) is 12.6 Å². The molecule has 0 aromatic carbocycles. The second-order valence-electron chi connectivity index (χ2n) is 3.37. The van der Waals surface area contributed by atoms with Crippen molar-refractivity contribution in [2.75, 3.05) is 13.1 Å². The van der Waals surface area contributed by atoms with Crippen LogP contribution in [0.4, 0.5) is 13.2 Å². The lowest BCUT2D eigenvalue weighted by Crippen LogP contribution is -2.34. The molecule has 2 N–H and O–H groups in total. The summed E-state index contributed by atoms with van der Waals surface area (Å²) in [6, 6.07) is 0.509. The number of amides is 1. The van der Waals surface area contributed by atoms with Gasteiger partial charge in [0.15, 0.2) is 0 Å². The molecule has 0 atom stereocenters. The van der Waals surface area contributed by atoms with Crippen LogP contribution >= 0.6 is 0 Å². The summed E-state index contributed by atoms with van der Waals surface area (Å²) in [5, 5.41) is 5.28. The lowest BCUT2D eigenvalue weighted by molar-refractivity contribution is -0.153. The van der Waals surface area contributed by atoms with Crippen LogP contribution in [-0.4, -0.2) is 31.2 Å². The second kappa shape index (κ2) is 4.63. The normalized spacial score (nSPS) is 16.8. The van der Waals surface area contributed by atoms with Gasteiger partial charge in [-0.1, -0.05) is 0 Å². The van der Waals surface area contributed by atoms with Gasteiger partial charge in [0.2, 0.25) is 5.91 Å². The largest absolute Gasteiger partial charge is 0.397 e. The molecule has 0 unspecified atom stereocenters. The Balaban J connectivity index is 1.96. The lowest BCUT2D eigenvalue weighted by atomic mass is 10.4. The average molecular weight is 210 g/mol. The van der Waals surface area contributed by atoms with Gasteiger partial charge in [0.1, 0.15) is 6.42 Å². The third-order valence-electron chi connectivity index (χ3n) is 1.82. The zero-order valence-electron chi connectivity index (χ0n) is 7.66. The summed E-state index contributed by atoms with van der Waals surface area (Å²) in [6.07, 6.45) is -3.56. The highest BCUT2D eigenvalue weighted by Gasteiger charge is 2.30. The molecular weight excluding hydrogens is 197 g/mol. The number of alkyl halides is 3. The number of carbonyl (C=O) groups excluding carboxylic acids is 1. The predicted octanol–water partition coefficient (Wildman–Crippen LogP) is 0.807. The lowest BCUT2D eigenvalue weighted by Gasteiger charge is -2.07. The highest BCUT2D eigenvalue weighted by atomic mass is 19.4. The van der Waals surface area contributed by atoms with Crippen molar-refractivity contribution < 1.29 is 18.0 Å². The Bertz CT molecular complexity index is 201. The number of hydrogen-bond donors (Lipinski definition) is 2. The van der Waals surface area contributed by atoms with Crippen LogP contribution in [0.2, 0.25) is 0 Å². The van der Waals surface area contributed by atoms with Crippen molar-refractivity contribution in [3.63, 3.8) is 0 Å². The maximum atomic E-state index is 11.7. The first-order valence-corrected chi connectivity index (χ1v) is 4.54. The molecule has 0 aromatic heterocycles. The molecule has 0 aromatic rings. The summed E-state index contributed by atoms with van der Waals surface area (Å²) < 4.78 is 35.0. The number of rotatable bonds is 5. The third-order valence-corrected chi connectivity index (χ3v) is 1.82. The van der Waals surface area contributed by atoms with Gasteiger partial charge in [0.25, 0.3) is 0 Å². The molecule has 0 spiro atoms. The molecule has 1 saturated carbocycles. The van der Waals surface area contributed by atoms with Crippen LogP contribution in [0.15, 0.2) is 0 Å². The molecule has 0 radical (unpaired) electrons. The van der Waals surface area contributed by atoms with E-state index in [4.69, 9.17) is 0 Å². The smallest absolute Gasteiger partial charge is 0.355 e. The molecule has 3 nitrogen and oxygen atoms in total. The average Bonchev–Trinajstić information content (AvgIpc) is 2.77. The molecule has 1 fully saturated rings. The summed E-state index contributed by atoms with van der Waals surface area (Å²) in [6.45, 7) is 0.791. The summed E-state index contributed by atoms with van der Waals surface area (Å²) >= 11 is 0. The number of hydrogen-bond acceptors (Lipinski definition) is 2. The Labute approximate surface area is 80.0 Å². The highest BCUT2D eigenvalue weighted by Crippen LogP contribution is 2.19. The zero-order valence-corrected chi connectivity index (χ0v) is 7.66. The minimum atomic E-state index is -4.41. The minimum Gasteiger partial charge on any atom is -0.355 e. The van der Waals surface area contributed by atoms with Gasteiger partial charge in [-0.3, -0.25) is 4.79 Å². The van der Waals surface area contributed by atoms with Crippen molar-refractivity contribution in [2.45, 2.75) is 31.5 Å². The van der Waals surface area contributed by atoms with Crippen LogP contribution in [-0.2, 0) is 4.79 Å². The van der Waals surface area contributed by atoms with Gasteiger partial charge in [0.05, 0.1) is 0 Å². The first-order valence-electron chi connectivity index (χ1n) is 4.54. The van der Waals surface area contributed by atoms with E-state index >= 15 is 0 Å². The van der Waals surface area contributed by atoms with Gasteiger partial charge in [0, 0.05) is 19.1 Å². The van der Waals surface area contributed by atoms with Gasteiger partial charge in [-0.25, -0.2) is 0 Å². The zero-order chi connectivity index (χ0) is 10.6. The maximum absolute atomic E-state index is 11.7. The number of nitrogens with one attached hydrogen (secondary N) is 2. The van der Waals surface area contributed by atoms with Gasteiger partial charge in [-0.05, 0) is 12.8 Å². The Morgan fingerprint density at radius 2 is 1.93 bits per heavy atom. The van der Waals surface area contributed by atoms with Gasteiger partial charge < -0.3 is 10.6 Å². The molecule has 82 valence electrons. The molecule has 0 aliphatic heterocycles. The summed E-state index contributed by atoms with van der Waals surface area (Å²) in [4.78, 5) is 10.7. The van der Waals surface area contributed by atoms with E-state index in [0.717, 1.165) is 12.8 Å². The first kappa shape index (κ1) is 11.3. The van der Waals surface area contributed by atoms with Crippen molar-refractivity contribution in [1.82, 2.24) is 10.6 Å². The Morgan fingerprint density at radius 3 is 2.43 bits per heavy atom. The molecule has 1 rings (SSSR count). The molecule has 1 aliphatic rings. The maximum Gasteiger partial charge on any atom is 0.397 e. The van der Waals surface area contributed by atoms with Crippen molar-refractivity contribution in [3.8, 4) is 0 Å². The van der Waals surface area contributed by atoms with Crippen LogP contribution in [0.5, 0.6) is 0 Å². The minimum absolute atomic E-state index is 0.255. The number of halogens is 3. The number of carbonyl (C=O) groups is 1. The van der Waals surface area contributed by atoms with E-state index in [9.17, 15) is 18.0 Å². The predicted molar refractivity (Wildman–Crippen MR) is 44.7 cm³/mol. The van der Waals surface area contributed by atoms with Crippen molar-refractivity contribution in [2.24, 2.45) is 0 Å². The summed E-state index contributed by atoms with van der Waals surface area (Å²) in [5.74, 6) is -0.963. The van der Waals surface area contributed by atoms with E-state index in [1.165, 1.54) is 0 Å². The molecule has 1 aliphatic carbocycles. The van der Waals surface area contributed by atoms with Gasteiger partial charge in [-0.2, -0.15) is 13.2 Å². The molecule has 1 amide bonds. The van der Waals surface area contributed by atoms with E-state index < -0.39 is 18.5 Å². The molecule has 6 heteroatoms. The Kier molecular flexibility index (Phi) is 3.74. The fourth-order valence-electron chi connectivity index (χ4n) is 1.01. The van der Waals surface area contributed by atoms with E-state index in [1.807, 2.05) is 0 Å². The van der Waals surface area contributed by atoms with Gasteiger partial charge in [-0.15, -0.1) is 0 Å². The van der Waals surface area contributed by atoms with E-state index in [-0.39, 0.29) is 6.54 Å². The second-order valence-corrected chi connectivity index (χ2v) is 3.37. The SMILES string of the molecule is O=C(CC(F)(F)F)NCCNC1CC1. The van der Waals surface area contributed by atoms with Crippen molar-refractivity contribution >= 4 is 5.91 Å². The molecular formula is C8H13F3N2O. The monoisotopic (exact) mass is 210 g/mol. The highest BCUT2D eigenvalue weighted by molar-refractivity contribution is 5.76. The fourth-order valence-corrected chi connectivity index (χ4v) is 1.01. The Morgan fingerprint density at radius 1 is 1.29 bits per heavy atom. The topological polar surface area (TPSA) is 41.1 Å². The molecule has 14 heavy (non-hydrogen) atoms. The van der Waals surface area contributed by atoms with Crippen LogP contribution < -0.4 is 10.6 Å². The van der Waals surface area contributed by atoms with Gasteiger partial charge >= 0.3 is 6.18 Å². The van der Waals surface area contributed by atoms with Crippen LogP contribution in [0.1, 0.15) is 19.3 Å². The van der Waals surface area contributed by atoms with Crippen LogP contribution in [0.3, 0.4) is 0 Å². The van der Waals surface area contributed by atoms with E-state index in [1.54, 1.807) is 0 Å². The first-order chi connectivity index (χ1) is 6.47. The van der Waals surface area contributed by atoms with Crippen LogP contribution in [0.25, 0.3) is 0 Å². The Hall–Kier alpha value is -0.780. The van der Waals surface area contributed by atoms with Crippen LogP contribution in [0, 0.1) is 0 Å². The molecule has 0 bridgehead atoms. The summed E-state index contributed by atoms with van der Waals surface area (Å²) in [5.41, 5.74) is 0. The van der Waals surface area contributed by atoms with E-state index in [2.05, 4.69) is 10.6 Å². The summed E-state index contributed by atoms with van der Waals surface area (Å²) in [7, 11) is 0.